The first-order valence-electron chi connectivity index (χ1n) is 4.73. The van der Waals surface area contributed by atoms with Crippen LogP contribution in [0.5, 0.6) is 0 Å². The SMILES string of the molecule is Cn1ncc(N/N=C\c2ccco2)c(Cl)c1=O. The van der Waals surface area contributed by atoms with Crippen molar-refractivity contribution in [3.8, 4) is 0 Å². The van der Waals surface area contributed by atoms with Crippen molar-refractivity contribution in [2.24, 2.45) is 12.1 Å². The number of anilines is 1. The summed E-state index contributed by atoms with van der Waals surface area (Å²) in [6.45, 7) is 0. The summed E-state index contributed by atoms with van der Waals surface area (Å²) in [5.74, 6) is 0.588. The fraction of sp³-hybridized carbons (Fsp3) is 0.100. The molecule has 1 N–H and O–H groups in total. The van der Waals surface area contributed by atoms with Gasteiger partial charge in [0.25, 0.3) is 5.56 Å². The molecule has 2 rings (SSSR count). The summed E-state index contributed by atoms with van der Waals surface area (Å²) >= 11 is 5.83. The summed E-state index contributed by atoms with van der Waals surface area (Å²) in [5.41, 5.74) is 2.58. The Morgan fingerprint density at radius 2 is 2.47 bits per heavy atom. The van der Waals surface area contributed by atoms with Crippen LogP contribution >= 0.6 is 11.6 Å². The maximum Gasteiger partial charge on any atom is 0.287 e. The van der Waals surface area contributed by atoms with E-state index < -0.39 is 0 Å². The highest BCUT2D eigenvalue weighted by atomic mass is 35.5. The highest BCUT2D eigenvalue weighted by molar-refractivity contribution is 6.32. The molecule has 0 saturated heterocycles. The number of hydrogen-bond donors (Lipinski definition) is 1. The minimum Gasteiger partial charge on any atom is -0.463 e. The second kappa shape index (κ2) is 4.84. The Labute approximate surface area is 102 Å². The zero-order valence-corrected chi connectivity index (χ0v) is 9.68. The summed E-state index contributed by atoms with van der Waals surface area (Å²) in [6.07, 6.45) is 4.42. The fourth-order valence-corrected chi connectivity index (χ4v) is 1.33. The van der Waals surface area contributed by atoms with Crippen molar-refractivity contribution in [2.75, 3.05) is 5.43 Å². The van der Waals surface area contributed by atoms with E-state index in [9.17, 15) is 4.79 Å². The van der Waals surface area contributed by atoms with Gasteiger partial charge in [0.2, 0.25) is 0 Å². The van der Waals surface area contributed by atoms with Gasteiger partial charge >= 0.3 is 0 Å². The van der Waals surface area contributed by atoms with Gasteiger partial charge in [0, 0.05) is 7.05 Å². The molecule has 0 aliphatic rings. The van der Waals surface area contributed by atoms with E-state index in [2.05, 4.69) is 15.6 Å². The molecular weight excluding hydrogens is 244 g/mol. The summed E-state index contributed by atoms with van der Waals surface area (Å²) in [4.78, 5) is 11.4. The zero-order chi connectivity index (χ0) is 12.3. The van der Waals surface area contributed by atoms with Gasteiger partial charge in [-0.2, -0.15) is 10.2 Å². The molecular formula is C10H9ClN4O2. The quantitative estimate of drug-likeness (QED) is 0.663. The number of aromatic nitrogens is 2. The Kier molecular flexibility index (Phi) is 3.24. The molecule has 88 valence electrons. The van der Waals surface area contributed by atoms with Gasteiger partial charge in [0.15, 0.2) is 0 Å². The molecule has 17 heavy (non-hydrogen) atoms. The van der Waals surface area contributed by atoms with Crippen LogP contribution < -0.4 is 11.0 Å². The van der Waals surface area contributed by atoms with E-state index in [4.69, 9.17) is 16.0 Å². The van der Waals surface area contributed by atoms with Crippen molar-refractivity contribution in [1.29, 1.82) is 0 Å². The van der Waals surface area contributed by atoms with Gasteiger partial charge in [0.05, 0.1) is 18.7 Å². The molecule has 0 aliphatic heterocycles. The van der Waals surface area contributed by atoms with E-state index >= 15 is 0 Å². The maximum atomic E-state index is 11.4. The Morgan fingerprint density at radius 3 is 3.18 bits per heavy atom. The largest absolute Gasteiger partial charge is 0.463 e. The minimum absolute atomic E-state index is 0.0408. The zero-order valence-electron chi connectivity index (χ0n) is 8.92. The summed E-state index contributed by atoms with van der Waals surface area (Å²) in [7, 11) is 1.52. The Bertz CT molecular complexity index is 589. The molecule has 0 saturated carbocycles. The Balaban J connectivity index is 2.15. The molecule has 2 heterocycles. The molecule has 0 bridgehead atoms. The maximum absolute atomic E-state index is 11.4. The first-order chi connectivity index (χ1) is 8.18. The second-order valence-corrected chi connectivity index (χ2v) is 3.56. The average molecular weight is 253 g/mol. The molecule has 6 nitrogen and oxygen atoms in total. The van der Waals surface area contributed by atoms with Gasteiger partial charge in [0.1, 0.15) is 16.5 Å². The lowest BCUT2D eigenvalue weighted by Crippen LogP contribution is -2.20. The van der Waals surface area contributed by atoms with E-state index in [0.29, 0.717) is 11.4 Å². The highest BCUT2D eigenvalue weighted by Crippen LogP contribution is 2.14. The predicted octanol–water partition coefficient (Wildman–Crippen LogP) is 1.47. The first kappa shape index (κ1) is 11.4. The molecule has 0 aliphatic carbocycles. The fourth-order valence-electron chi connectivity index (χ4n) is 1.12. The van der Waals surface area contributed by atoms with Crippen LogP contribution in [0, 0.1) is 0 Å². The van der Waals surface area contributed by atoms with Crippen molar-refractivity contribution in [1.82, 2.24) is 9.78 Å². The third-order valence-electron chi connectivity index (χ3n) is 2.00. The predicted molar refractivity (Wildman–Crippen MR) is 64.4 cm³/mol. The molecule has 0 fully saturated rings. The number of aryl methyl sites for hydroxylation is 1. The van der Waals surface area contributed by atoms with Crippen molar-refractivity contribution in [3.63, 3.8) is 0 Å². The monoisotopic (exact) mass is 252 g/mol. The minimum atomic E-state index is -0.384. The average Bonchev–Trinajstić information content (AvgIpc) is 2.82. The van der Waals surface area contributed by atoms with Gasteiger partial charge in [-0.15, -0.1) is 0 Å². The third kappa shape index (κ3) is 2.54. The van der Waals surface area contributed by atoms with Gasteiger partial charge in [-0.1, -0.05) is 11.6 Å². The third-order valence-corrected chi connectivity index (χ3v) is 2.36. The Morgan fingerprint density at radius 1 is 1.65 bits per heavy atom. The number of rotatable bonds is 3. The molecule has 0 radical (unpaired) electrons. The van der Waals surface area contributed by atoms with E-state index in [0.717, 1.165) is 4.68 Å². The molecule has 7 heteroatoms. The Hall–Kier alpha value is -2.08. The van der Waals surface area contributed by atoms with Crippen LogP contribution in [0.4, 0.5) is 5.69 Å². The summed E-state index contributed by atoms with van der Waals surface area (Å²) in [5, 5.41) is 7.73. The number of hydrogen-bond acceptors (Lipinski definition) is 5. The standard InChI is InChI=1S/C10H9ClN4O2/c1-15-10(16)9(11)8(6-13-15)14-12-5-7-3-2-4-17-7/h2-6,14H,1H3/b12-5-. The molecule has 0 spiro atoms. The van der Waals surface area contributed by atoms with Crippen LogP contribution in [0.3, 0.4) is 0 Å². The summed E-state index contributed by atoms with van der Waals surface area (Å²) in [6, 6.07) is 3.49. The van der Waals surface area contributed by atoms with Crippen LogP contribution in [0.1, 0.15) is 5.76 Å². The van der Waals surface area contributed by atoms with E-state index in [1.54, 1.807) is 12.1 Å². The normalized spacial score (nSPS) is 10.9. The van der Waals surface area contributed by atoms with Gasteiger partial charge in [-0.3, -0.25) is 10.2 Å². The van der Waals surface area contributed by atoms with E-state index in [1.807, 2.05) is 0 Å². The van der Waals surface area contributed by atoms with Crippen molar-refractivity contribution in [3.05, 3.63) is 45.7 Å². The molecule has 2 aromatic heterocycles. The van der Waals surface area contributed by atoms with Crippen LogP contribution in [0.2, 0.25) is 5.02 Å². The number of halogens is 1. The number of furan rings is 1. The van der Waals surface area contributed by atoms with Crippen LogP contribution in [0.25, 0.3) is 0 Å². The van der Waals surface area contributed by atoms with Crippen molar-refractivity contribution in [2.45, 2.75) is 0 Å². The highest BCUT2D eigenvalue weighted by Gasteiger charge is 2.05. The summed E-state index contributed by atoms with van der Waals surface area (Å²) < 4.78 is 6.18. The van der Waals surface area contributed by atoms with Crippen LogP contribution in [0.15, 0.2) is 38.9 Å². The lowest BCUT2D eigenvalue weighted by molar-refractivity contribution is 0.560. The van der Waals surface area contributed by atoms with Gasteiger partial charge in [-0.25, -0.2) is 4.68 Å². The lowest BCUT2D eigenvalue weighted by Gasteiger charge is -2.02. The van der Waals surface area contributed by atoms with E-state index in [1.165, 1.54) is 25.7 Å². The van der Waals surface area contributed by atoms with Crippen LogP contribution in [-0.2, 0) is 7.05 Å². The van der Waals surface area contributed by atoms with Gasteiger partial charge in [-0.05, 0) is 12.1 Å². The molecule has 2 aromatic rings. The molecule has 0 unspecified atom stereocenters. The topological polar surface area (TPSA) is 72.4 Å². The second-order valence-electron chi connectivity index (χ2n) is 3.19. The molecule has 0 atom stereocenters. The van der Waals surface area contributed by atoms with E-state index in [-0.39, 0.29) is 10.6 Å². The smallest absolute Gasteiger partial charge is 0.287 e. The molecule has 0 amide bonds. The van der Waals surface area contributed by atoms with Crippen molar-refractivity contribution >= 4 is 23.5 Å². The van der Waals surface area contributed by atoms with Crippen LogP contribution in [-0.4, -0.2) is 16.0 Å². The lowest BCUT2D eigenvalue weighted by atomic mass is 10.5. The van der Waals surface area contributed by atoms with Crippen molar-refractivity contribution < 1.29 is 4.42 Å². The number of nitrogens with one attached hydrogen (secondary N) is 1. The first-order valence-corrected chi connectivity index (χ1v) is 5.10. The number of hydrazone groups is 1. The van der Waals surface area contributed by atoms with Gasteiger partial charge < -0.3 is 4.42 Å². The molecule has 0 aromatic carbocycles. The number of nitrogens with zero attached hydrogens (tertiary/aromatic N) is 3.